The van der Waals surface area contributed by atoms with E-state index in [1.165, 1.54) is 49.3 Å². The molecule has 0 saturated carbocycles. The van der Waals surface area contributed by atoms with E-state index in [1.807, 2.05) is 11.8 Å². The molecule has 0 saturated heterocycles. The molecule has 0 N–H and O–H groups in total. The summed E-state index contributed by atoms with van der Waals surface area (Å²) in [4.78, 5) is 3.90. The van der Waals surface area contributed by atoms with E-state index in [-0.39, 0.29) is 16.7 Å². The lowest BCUT2D eigenvalue weighted by atomic mass is 9.81. The Morgan fingerprint density at radius 3 is 2.55 bits per heavy atom. The largest absolute Gasteiger partial charge is 0.454 e. The molecule has 0 radical (unpaired) electrons. The highest BCUT2D eigenvalue weighted by atomic mass is 32.2. The van der Waals surface area contributed by atoms with Crippen LogP contribution in [0.1, 0.15) is 29.9 Å². The van der Waals surface area contributed by atoms with E-state index in [1.54, 1.807) is 0 Å². The van der Waals surface area contributed by atoms with Crippen LogP contribution < -0.4 is 4.90 Å². The van der Waals surface area contributed by atoms with Gasteiger partial charge < -0.3 is 9.32 Å². The molecule has 4 atom stereocenters. The van der Waals surface area contributed by atoms with Gasteiger partial charge in [-0.15, -0.1) is 11.8 Å². The second-order valence-corrected chi connectivity index (χ2v) is 12.9. The standard InChI is InChI=1S/C37H27NOS/c1-37-20-10-9-15-30(37)29-21-23(18-19-33(29)40-37)27-22-28-25-13-6-8-17-32(25)39-36(28)35-34(27)26-14-5-7-16-31(26)38(35)24-11-3-2-4-12-24/h2-22,26,30-31H,1H3. The van der Waals surface area contributed by atoms with Crippen LogP contribution in [0.5, 0.6) is 0 Å². The molecular formula is C37H27NOS. The third-order valence-corrected chi connectivity index (χ3v) is 10.6. The van der Waals surface area contributed by atoms with Crippen molar-refractivity contribution < 1.29 is 4.42 Å². The van der Waals surface area contributed by atoms with Crippen molar-refractivity contribution in [3.05, 3.63) is 139 Å². The molecule has 2 nitrogen and oxygen atoms in total. The van der Waals surface area contributed by atoms with Gasteiger partial charge in [0.15, 0.2) is 5.58 Å². The lowest BCUT2D eigenvalue weighted by Crippen LogP contribution is -2.28. The van der Waals surface area contributed by atoms with Crippen LogP contribution in [0, 0.1) is 0 Å². The molecule has 4 aromatic carbocycles. The van der Waals surface area contributed by atoms with Crippen molar-refractivity contribution in [1.29, 1.82) is 0 Å². The van der Waals surface area contributed by atoms with Gasteiger partial charge in [-0.25, -0.2) is 0 Å². The molecule has 5 aromatic rings. The highest BCUT2D eigenvalue weighted by Gasteiger charge is 2.44. The molecule has 9 rings (SSSR count). The molecule has 2 aliphatic carbocycles. The van der Waals surface area contributed by atoms with E-state index in [0.29, 0.717) is 5.92 Å². The average molecular weight is 534 g/mol. The molecular weight excluding hydrogens is 506 g/mol. The van der Waals surface area contributed by atoms with Crippen molar-refractivity contribution in [3.8, 4) is 11.1 Å². The minimum Gasteiger partial charge on any atom is -0.454 e. The molecule has 1 aromatic heterocycles. The van der Waals surface area contributed by atoms with Crippen LogP contribution in [-0.4, -0.2) is 10.8 Å². The lowest BCUT2D eigenvalue weighted by Gasteiger charge is -2.28. The molecule has 0 amide bonds. The van der Waals surface area contributed by atoms with Gasteiger partial charge in [0, 0.05) is 37.9 Å². The van der Waals surface area contributed by atoms with Gasteiger partial charge >= 0.3 is 0 Å². The number of anilines is 2. The topological polar surface area (TPSA) is 16.4 Å². The SMILES string of the molecule is CC12C=CC=CC1c1cc(-c3cc4c(oc5ccccc54)c4c3C3C=CC=CC3N4c3ccccc3)ccc1S2. The molecule has 3 heteroatoms. The minimum absolute atomic E-state index is 0.0779. The Hall–Kier alpha value is -4.21. The lowest BCUT2D eigenvalue weighted by molar-refractivity contribution is 0.667. The molecule has 0 fully saturated rings. The van der Waals surface area contributed by atoms with Crippen molar-refractivity contribution >= 4 is 45.1 Å². The van der Waals surface area contributed by atoms with E-state index in [4.69, 9.17) is 4.42 Å². The molecule has 4 unspecified atom stereocenters. The maximum Gasteiger partial charge on any atom is 0.159 e. The number of para-hydroxylation sites is 2. The van der Waals surface area contributed by atoms with Gasteiger partial charge in [0.1, 0.15) is 5.58 Å². The molecule has 40 heavy (non-hydrogen) atoms. The highest BCUT2D eigenvalue weighted by Crippen LogP contribution is 2.58. The van der Waals surface area contributed by atoms with E-state index < -0.39 is 0 Å². The molecule has 2 aliphatic heterocycles. The fourth-order valence-corrected chi connectivity index (χ4v) is 8.73. The fourth-order valence-electron chi connectivity index (χ4n) is 7.34. The van der Waals surface area contributed by atoms with Crippen molar-refractivity contribution in [2.75, 3.05) is 4.90 Å². The second kappa shape index (κ2) is 8.16. The van der Waals surface area contributed by atoms with Crippen LogP contribution in [0.4, 0.5) is 11.4 Å². The predicted molar refractivity (Wildman–Crippen MR) is 168 cm³/mol. The Bertz CT molecular complexity index is 1980. The third kappa shape index (κ3) is 3.01. The Balaban J connectivity index is 1.36. The molecule has 0 spiro atoms. The Labute approximate surface area is 238 Å². The predicted octanol–water partition coefficient (Wildman–Crippen LogP) is 10.1. The highest BCUT2D eigenvalue weighted by molar-refractivity contribution is 8.01. The van der Waals surface area contributed by atoms with Crippen LogP contribution in [0.15, 0.2) is 137 Å². The summed E-state index contributed by atoms with van der Waals surface area (Å²) in [5.74, 6) is 0.619. The van der Waals surface area contributed by atoms with Gasteiger partial charge in [0.05, 0.1) is 11.7 Å². The summed E-state index contributed by atoms with van der Waals surface area (Å²) in [6, 6.07) is 29.0. The van der Waals surface area contributed by atoms with Gasteiger partial charge in [0.25, 0.3) is 0 Å². The first-order chi connectivity index (χ1) is 19.7. The number of allylic oxidation sites excluding steroid dienone is 5. The monoisotopic (exact) mass is 533 g/mol. The van der Waals surface area contributed by atoms with Crippen LogP contribution in [0.3, 0.4) is 0 Å². The van der Waals surface area contributed by atoms with Crippen molar-refractivity contribution in [1.82, 2.24) is 0 Å². The van der Waals surface area contributed by atoms with Crippen LogP contribution in [-0.2, 0) is 0 Å². The Kier molecular flexibility index (Phi) is 4.61. The normalized spacial score (nSPS) is 25.4. The summed E-state index contributed by atoms with van der Waals surface area (Å²) in [5, 5.41) is 2.34. The quantitative estimate of drug-likeness (QED) is 0.225. The van der Waals surface area contributed by atoms with E-state index in [9.17, 15) is 0 Å². The van der Waals surface area contributed by atoms with Crippen molar-refractivity contribution in [2.24, 2.45) is 0 Å². The number of hydrogen-bond donors (Lipinski definition) is 0. The minimum atomic E-state index is 0.0779. The first-order valence-electron chi connectivity index (χ1n) is 14.1. The summed E-state index contributed by atoms with van der Waals surface area (Å²) in [7, 11) is 0. The second-order valence-electron chi connectivity index (χ2n) is 11.4. The first-order valence-corrected chi connectivity index (χ1v) is 14.9. The van der Waals surface area contributed by atoms with Gasteiger partial charge in [0.2, 0.25) is 0 Å². The molecule has 192 valence electrons. The van der Waals surface area contributed by atoms with Gasteiger partial charge in [-0.1, -0.05) is 91.1 Å². The van der Waals surface area contributed by atoms with Crippen molar-refractivity contribution in [3.63, 3.8) is 0 Å². The average Bonchev–Trinajstić information content (AvgIpc) is 3.64. The smallest absolute Gasteiger partial charge is 0.159 e. The van der Waals surface area contributed by atoms with E-state index in [2.05, 4.69) is 139 Å². The summed E-state index contributed by atoms with van der Waals surface area (Å²) < 4.78 is 6.77. The Morgan fingerprint density at radius 1 is 0.800 bits per heavy atom. The summed E-state index contributed by atoms with van der Waals surface area (Å²) in [5.41, 5.74) is 9.68. The van der Waals surface area contributed by atoms with Crippen LogP contribution in [0.25, 0.3) is 33.1 Å². The maximum atomic E-state index is 6.69. The zero-order valence-electron chi connectivity index (χ0n) is 22.1. The Morgan fingerprint density at radius 2 is 1.62 bits per heavy atom. The maximum absolute atomic E-state index is 6.69. The molecule has 4 aliphatic rings. The number of fused-ring (bicyclic) bond motifs is 10. The summed E-state index contributed by atoms with van der Waals surface area (Å²) in [6.07, 6.45) is 18.3. The number of thioether (sulfide) groups is 1. The zero-order valence-corrected chi connectivity index (χ0v) is 22.9. The summed E-state index contributed by atoms with van der Waals surface area (Å²) >= 11 is 1.99. The van der Waals surface area contributed by atoms with Gasteiger partial charge in [-0.3, -0.25) is 0 Å². The number of hydrogen-bond acceptors (Lipinski definition) is 3. The van der Waals surface area contributed by atoms with Crippen molar-refractivity contribution in [2.45, 2.75) is 34.4 Å². The van der Waals surface area contributed by atoms with E-state index in [0.717, 1.165) is 11.2 Å². The zero-order chi connectivity index (χ0) is 26.4. The van der Waals surface area contributed by atoms with Crippen LogP contribution >= 0.6 is 11.8 Å². The summed E-state index contributed by atoms with van der Waals surface area (Å²) in [6.45, 7) is 2.37. The first kappa shape index (κ1) is 22.6. The molecule has 3 heterocycles. The third-order valence-electron chi connectivity index (χ3n) is 9.14. The van der Waals surface area contributed by atoms with Gasteiger partial charge in [-0.2, -0.15) is 0 Å². The fraction of sp³-hybridized carbons (Fsp3) is 0.135. The van der Waals surface area contributed by atoms with E-state index >= 15 is 0 Å². The number of nitrogens with zero attached hydrogens (tertiary/aromatic N) is 1. The molecule has 0 bridgehead atoms. The number of benzene rings is 4. The van der Waals surface area contributed by atoms with Gasteiger partial charge in [-0.05, 0) is 65.6 Å². The number of rotatable bonds is 2. The number of furan rings is 1. The van der Waals surface area contributed by atoms with Crippen LogP contribution in [0.2, 0.25) is 0 Å².